The Kier molecular flexibility index (Phi) is 6.02. The van der Waals surface area contributed by atoms with Gasteiger partial charge in [-0.1, -0.05) is 23.7 Å². The van der Waals surface area contributed by atoms with Gasteiger partial charge in [0.1, 0.15) is 23.0 Å². The first kappa shape index (κ1) is 22.0. The van der Waals surface area contributed by atoms with Crippen molar-refractivity contribution in [2.45, 2.75) is 12.5 Å². The smallest absolute Gasteiger partial charge is 0.260 e. The predicted octanol–water partition coefficient (Wildman–Crippen LogP) is 5.56. The van der Waals surface area contributed by atoms with E-state index in [0.717, 1.165) is 17.7 Å². The monoisotopic (exact) mass is 461 g/mol. The van der Waals surface area contributed by atoms with Crippen LogP contribution in [-0.2, 0) is 6.42 Å². The van der Waals surface area contributed by atoms with Gasteiger partial charge in [0.25, 0.3) is 5.91 Å². The number of amides is 1. The Morgan fingerprint density at radius 3 is 2.19 bits per heavy atom. The van der Waals surface area contributed by atoms with E-state index in [4.69, 9.17) is 21.1 Å². The lowest BCUT2D eigenvalue weighted by molar-refractivity contribution is 0.0681. The summed E-state index contributed by atoms with van der Waals surface area (Å²) in [6.45, 7) is 0.0877. The Bertz CT molecular complexity index is 1160. The minimum Gasteiger partial charge on any atom is -0.493 e. The number of hydrogen-bond donors (Lipinski definition) is 0. The molecular weight excluding hydrogens is 443 g/mol. The molecule has 3 aromatic carbocycles. The number of ether oxygens (including phenoxy) is 2. The van der Waals surface area contributed by atoms with Gasteiger partial charge in [-0.2, -0.15) is 0 Å². The first-order valence-electron chi connectivity index (χ1n) is 9.81. The average Bonchev–Trinajstić information content (AvgIpc) is 2.77. The molecule has 1 amide bonds. The van der Waals surface area contributed by atoms with Crippen LogP contribution in [0.3, 0.4) is 0 Å². The summed E-state index contributed by atoms with van der Waals surface area (Å²) in [5.41, 5.74) is 0.650. The van der Waals surface area contributed by atoms with E-state index in [1.807, 2.05) is 0 Å². The van der Waals surface area contributed by atoms with Crippen LogP contribution in [-0.4, -0.2) is 31.6 Å². The topological polar surface area (TPSA) is 38.8 Å². The molecule has 4 rings (SSSR count). The molecule has 0 N–H and O–H groups in total. The van der Waals surface area contributed by atoms with Crippen LogP contribution in [0, 0.1) is 17.5 Å². The second-order valence-corrected chi connectivity index (χ2v) is 7.70. The molecule has 1 atom stereocenters. The van der Waals surface area contributed by atoms with Gasteiger partial charge in [0.15, 0.2) is 11.5 Å². The zero-order valence-corrected chi connectivity index (χ0v) is 18.1. The molecule has 0 spiro atoms. The second-order valence-electron chi connectivity index (χ2n) is 7.29. The van der Waals surface area contributed by atoms with E-state index in [1.165, 1.54) is 43.4 Å². The lowest BCUT2D eigenvalue weighted by Crippen LogP contribution is -2.41. The van der Waals surface area contributed by atoms with Crippen molar-refractivity contribution >= 4 is 17.5 Å². The molecule has 1 heterocycles. The van der Waals surface area contributed by atoms with Crippen molar-refractivity contribution in [2.75, 3.05) is 20.8 Å². The highest BCUT2D eigenvalue weighted by Gasteiger charge is 2.38. The van der Waals surface area contributed by atoms with Crippen molar-refractivity contribution in [1.82, 2.24) is 4.90 Å². The van der Waals surface area contributed by atoms with Gasteiger partial charge in [-0.15, -0.1) is 0 Å². The lowest BCUT2D eigenvalue weighted by atomic mass is 9.86. The van der Waals surface area contributed by atoms with Crippen molar-refractivity contribution in [3.63, 3.8) is 0 Å². The zero-order chi connectivity index (χ0) is 23.0. The van der Waals surface area contributed by atoms with Crippen LogP contribution in [0.5, 0.6) is 11.5 Å². The summed E-state index contributed by atoms with van der Waals surface area (Å²) >= 11 is 6.36. The number of carbonyl (C=O) groups excluding carboxylic acids is 1. The van der Waals surface area contributed by atoms with Crippen LogP contribution in [0.1, 0.15) is 33.1 Å². The van der Waals surface area contributed by atoms with Gasteiger partial charge >= 0.3 is 0 Å². The highest BCUT2D eigenvalue weighted by Crippen LogP contribution is 2.44. The molecule has 3 aromatic rings. The normalized spacial score (nSPS) is 15.3. The molecular formula is C24H19ClF3NO3. The lowest BCUT2D eigenvalue weighted by Gasteiger charge is -2.38. The number of fused-ring (bicyclic) bond motifs is 1. The molecule has 1 aliphatic heterocycles. The first-order chi connectivity index (χ1) is 15.4. The van der Waals surface area contributed by atoms with E-state index in [9.17, 15) is 13.6 Å². The molecule has 0 aromatic heterocycles. The molecule has 0 aliphatic carbocycles. The summed E-state index contributed by atoms with van der Waals surface area (Å²) in [4.78, 5) is 14.6. The summed E-state index contributed by atoms with van der Waals surface area (Å²) in [5.74, 6) is -2.68. The van der Waals surface area contributed by atoms with Crippen LogP contribution >= 0.6 is 11.6 Å². The zero-order valence-electron chi connectivity index (χ0n) is 17.3. The average molecular weight is 462 g/mol. The Morgan fingerprint density at radius 1 is 0.969 bits per heavy atom. The van der Waals surface area contributed by atoms with Gasteiger partial charge < -0.3 is 14.4 Å². The largest absolute Gasteiger partial charge is 0.493 e. The van der Waals surface area contributed by atoms with E-state index in [1.54, 1.807) is 12.1 Å². The summed E-state index contributed by atoms with van der Waals surface area (Å²) < 4.78 is 54.6. The van der Waals surface area contributed by atoms with E-state index < -0.39 is 35.0 Å². The van der Waals surface area contributed by atoms with E-state index in [0.29, 0.717) is 23.5 Å². The molecule has 1 aliphatic rings. The van der Waals surface area contributed by atoms with E-state index in [2.05, 4.69) is 0 Å². The van der Waals surface area contributed by atoms with Crippen LogP contribution in [0.4, 0.5) is 13.2 Å². The van der Waals surface area contributed by atoms with Crippen LogP contribution in [0.2, 0.25) is 5.02 Å². The highest BCUT2D eigenvalue weighted by atomic mass is 35.5. The fourth-order valence-corrected chi connectivity index (χ4v) is 4.36. The van der Waals surface area contributed by atoms with Crippen LogP contribution in [0.15, 0.2) is 48.5 Å². The van der Waals surface area contributed by atoms with E-state index >= 15 is 4.39 Å². The van der Waals surface area contributed by atoms with Crippen LogP contribution in [0.25, 0.3) is 0 Å². The molecule has 32 heavy (non-hydrogen) atoms. The van der Waals surface area contributed by atoms with Crippen molar-refractivity contribution in [2.24, 2.45) is 0 Å². The molecule has 166 valence electrons. The summed E-state index contributed by atoms with van der Waals surface area (Å²) in [6.07, 6.45) is 0.361. The van der Waals surface area contributed by atoms with Crippen molar-refractivity contribution in [3.8, 4) is 11.5 Å². The fourth-order valence-electron chi connectivity index (χ4n) is 4.09. The van der Waals surface area contributed by atoms with Crippen molar-refractivity contribution < 1.29 is 27.4 Å². The Labute approximate surface area is 188 Å². The molecule has 0 fully saturated rings. The van der Waals surface area contributed by atoms with Crippen molar-refractivity contribution in [1.29, 1.82) is 0 Å². The number of benzene rings is 3. The number of carbonyl (C=O) groups is 1. The third-order valence-corrected chi connectivity index (χ3v) is 5.91. The molecule has 8 heteroatoms. The predicted molar refractivity (Wildman–Crippen MR) is 114 cm³/mol. The highest BCUT2D eigenvalue weighted by molar-refractivity contribution is 6.31. The minimum atomic E-state index is -1.03. The minimum absolute atomic E-state index is 0.0347. The third-order valence-electron chi connectivity index (χ3n) is 5.58. The molecule has 4 nitrogen and oxygen atoms in total. The van der Waals surface area contributed by atoms with E-state index in [-0.39, 0.29) is 17.1 Å². The Balaban J connectivity index is 1.95. The number of hydrogen-bond acceptors (Lipinski definition) is 3. The van der Waals surface area contributed by atoms with Gasteiger partial charge in [0, 0.05) is 17.1 Å². The van der Waals surface area contributed by atoms with Crippen molar-refractivity contribution in [3.05, 3.63) is 93.3 Å². The Morgan fingerprint density at radius 2 is 1.56 bits per heavy atom. The standard InChI is InChI=1S/C24H19ClF3NO3/c1-31-19-11-13-9-10-29(24(30)22-17(27)7-4-8-18(22)28)23(14(13)12-20(19)32-2)21-15(25)5-3-6-16(21)26/h3-8,11-12,23H,9-10H2,1-2H3/t23-/m1/s1. The van der Waals surface area contributed by atoms with Gasteiger partial charge in [0.05, 0.1) is 20.3 Å². The van der Waals surface area contributed by atoms with Gasteiger partial charge in [-0.25, -0.2) is 13.2 Å². The Hall–Kier alpha value is -3.19. The van der Waals surface area contributed by atoms with Crippen LogP contribution < -0.4 is 9.47 Å². The molecule has 0 bridgehead atoms. The maximum absolute atomic E-state index is 15.0. The third kappa shape index (κ3) is 3.66. The SMILES string of the molecule is COc1cc2c(cc1OC)[C@H](c1c(F)cccc1Cl)N(C(=O)c1c(F)cccc1F)CC2. The number of rotatable bonds is 4. The maximum atomic E-state index is 15.0. The second kappa shape index (κ2) is 8.74. The summed E-state index contributed by atoms with van der Waals surface area (Å²) in [6, 6.07) is 9.72. The molecule has 0 saturated carbocycles. The van der Waals surface area contributed by atoms with Gasteiger partial charge in [-0.05, 0) is 53.9 Å². The first-order valence-corrected chi connectivity index (χ1v) is 10.2. The fraction of sp³-hybridized carbons (Fsp3) is 0.208. The molecule has 0 saturated heterocycles. The number of nitrogens with zero attached hydrogens (tertiary/aromatic N) is 1. The molecule has 0 radical (unpaired) electrons. The number of methoxy groups -OCH3 is 2. The molecule has 0 unspecified atom stereocenters. The van der Waals surface area contributed by atoms with Gasteiger partial charge in [0.2, 0.25) is 0 Å². The number of halogens is 4. The quantitative estimate of drug-likeness (QED) is 0.510. The summed E-state index contributed by atoms with van der Waals surface area (Å²) in [7, 11) is 2.95. The van der Waals surface area contributed by atoms with Gasteiger partial charge in [-0.3, -0.25) is 4.79 Å². The maximum Gasteiger partial charge on any atom is 0.260 e. The summed E-state index contributed by atoms with van der Waals surface area (Å²) in [5, 5.41) is 0.0874.